The molecule has 0 saturated heterocycles. The van der Waals surface area contributed by atoms with E-state index in [2.05, 4.69) is 6.07 Å². The lowest BCUT2D eigenvalue weighted by Crippen LogP contribution is -2.06. The van der Waals surface area contributed by atoms with E-state index < -0.39 is 5.97 Å². The van der Waals surface area contributed by atoms with Crippen LogP contribution in [0.4, 0.5) is 0 Å². The van der Waals surface area contributed by atoms with Crippen LogP contribution >= 0.6 is 0 Å². The quantitative estimate of drug-likeness (QED) is 0.619. The number of carbonyl (C=O) groups is 1. The second kappa shape index (κ2) is 7.56. The van der Waals surface area contributed by atoms with E-state index >= 15 is 0 Å². The first kappa shape index (κ1) is 17.3. The maximum Gasteiger partial charge on any atom is 0.336 e. The minimum absolute atomic E-state index is 0.117. The molecule has 0 fully saturated rings. The predicted octanol–water partition coefficient (Wildman–Crippen LogP) is 4.98. The molecule has 130 valence electrons. The number of ether oxygens (including phenoxy) is 1. The van der Waals surface area contributed by atoms with Gasteiger partial charge in [-0.25, -0.2) is 4.79 Å². The zero-order valence-electron chi connectivity index (χ0n) is 14.8. The standard InChI is InChI=1S/C22H24O3/c1-15(2)25-20-11-7-16(8-12-20)13-21(22(23)24)19-10-9-17-5-3-4-6-18(17)14-19/h7-15H,3-6H2,1-2H3,(H,23,24)/b21-13-. The van der Waals surface area contributed by atoms with Gasteiger partial charge in [-0.1, -0.05) is 30.3 Å². The Balaban J connectivity index is 1.90. The fourth-order valence-electron chi connectivity index (χ4n) is 3.25. The molecule has 0 saturated carbocycles. The highest BCUT2D eigenvalue weighted by Crippen LogP contribution is 2.27. The minimum atomic E-state index is -0.904. The number of carboxylic acid groups (broad SMARTS) is 1. The van der Waals surface area contributed by atoms with Gasteiger partial charge in [-0.05, 0) is 80.0 Å². The number of hydrogen-bond acceptors (Lipinski definition) is 2. The van der Waals surface area contributed by atoms with Crippen LogP contribution in [-0.2, 0) is 17.6 Å². The van der Waals surface area contributed by atoms with Gasteiger partial charge in [-0.2, -0.15) is 0 Å². The van der Waals surface area contributed by atoms with Gasteiger partial charge in [0.2, 0.25) is 0 Å². The molecule has 1 N–H and O–H groups in total. The third-order valence-electron chi connectivity index (χ3n) is 4.45. The van der Waals surface area contributed by atoms with E-state index in [1.54, 1.807) is 6.08 Å². The van der Waals surface area contributed by atoms with Crippen molar-refractivity contribution in [3.05, 3.63) is 64.7 Å². The maximum absolute atomic E-state index is 11.8. The lowest BCUT2D eigenvalue weighted by atomic mass is 9.89. The maximum atomic E-state index is 11.8. The summed E-state index contributed by atoms with van der Waals surface area (Å²) in [6, 6.07) is 13.6. The van der Waals surface area contributed by atoms with E-state index in [4.69, 9.17) is 4.74 Å². The van der Waals surface area contributed by atoms with Crippen LogP contribution < -0.4 is 4.74 Å². The van der Waals surface area contributed by atoms with Crippen molar-refractivity contribution in [3.8, 4) is 5.75 Å². The largest absolute Gasteiger partial charge is 0.491 e. The summed E-state index contributed by atoms with van der Waals surface area (Å²) in [5.41, 5.74) is 4.60. The van der Waals surface area contributed by atoms with Crippen molar-refractivity contribution in [2.45, 2.75) is 45.6 Å². The Labute approximate surface area is 149 Å². The fourth-order valence-corrected chi connectivity index (χ4v) is 3.25. The van der Waals surface area contributed by atoms with Gasteiger partial charge in [-0.15, -0.1) is 0 Å². The van der Waals surface area contributed by atoms with Crippen LogP contribution in [0.3, 0.4) is 0 Å². The molecule has 3 rings (SSSR count). The molecular weight excluding hydrogens is 312 g/mol. The number of aliphatic carboxylic acids is 1. The minimum Gasteiger partial charge on any atom is -0.491 e. The Morgan fingerprint density at radius 1 is 1.04 bits per heavy atom. The van der Waals surface area contributed by atoms with Gasteiger partial charge in [0.15, 0.2) is 0 Å². The third kappa shape index (κ3) is 4.30. The van der Waals surface area contributed by atoms with Crippen LogP contribution in [0.1, 0.15) is 48.9 Å². The van der Waals surface area contributed by atoms with Crippen molar-refractivity contribution in [2.75, 3.05) is 0 Å². The number of carboxylic acids is 1. The summed E-state index contributed by atoms with van der Waals surface area (Å²) in [5.74, 6) is -0.115. The molecular formula is C22H24O3. The number of hydrogen-bond donors (Lipinski definition) is 1. The van der Waals surface area contributed by atoms with Gasteiger partial charge in [0.05, 0.1) is 11.7 Å². The number of rotatable bonds is 5. The molecule has 0 atom stereocenters. The third-order valence-corrected chi connectivity index (χ3v) is 4.45. The molecule has 1 aliphatic rings. The van der Waals surface area contributed by atoms with E-state index in [-0.39, 0.29) is 6.10 Å². The Hall–Kier alpha value is -2.55. The second-order valence-corrected chi connectivity index (χ2v) is 6.79. The molecule has 1 aliphatic carbocycles. The Morgan fingerprint density at radius 3 is 2.36 bits per heavy atom. The van der Waals surface area contributed by atoms with Crippen LogP contribution in [0.2, 0.25) is 0 Å². The van der Waals surface area contributed by atoms with E-state index in [1.807, 2.05) is 50.2 Å². The van der Waals surface area contributed by atoms with Gasteiger partial charge in [0.1, 0.15) is 5.75 Å². The van der Waals surface area contributed by atoms with Crippen LogP contribution in [0.5, 0.6) is 5.75 Å². The Morgan fingerprint density at radius 2 is 1.72 bits per heavy atom. The highest BCUT2D eigenvalue weighted by Gasteiger charge is 2.15. The summed E-state index contributed by atoms with van der Waals surface area (Å²) in [6.07, 6.45) is 6.38. The van der Waals surface area contributed by atoms with Crippen molar-refractivity contribution in [3.63, 3.8) is 0 Å². The van der Waals surface area contributed by atoms with Crippen molar-refractivity contribution in [2.24, 2.45) is 0 Å². The van der Waals surface area contributed by atoms with Crippen LogP contribution in [0.15, 0.2) is 42.5 Å². The van der Waals surface area contributed by atoms with E-state index in [0.29, 0.717) is 5.57 Å². The Kier molecular flexibility index (Phi) is 5.22. The van der Waals surface area contributed by atoms with Crippen molar-refractivity contribution >= 4 is 17.6 Å². The van der Waals surface area contributed by atoms with Gasteiger partial charge in [0, 0.05) is 0 Å². The first-order chi connectivity index (χ1) is 12.0. The van der Waals surface area contributed by atoms with Crippen molar-refractivity contribution in [1.82, 2.24) is 0 Å². The van der Waals surface area contributed by atoms with E-state index in [1.165, 1.54) is 24.0 Å². The molecule has 3 heteroatoms. The summed E-state index contributed by atoms with van der Waals surface area (Å²) in [5, 5.41) is 9.67. The summed E-state index contributed by atoms with van der Waals surface area (Å²) in [6.45, 7) is 3.96. The summed E-state index contributed by atoms with van der Waals surface area (Å²) in [7, 11) is 0. The molecule has 0 aliphatic heterocycles. The first-order valence-corrected chi connectivity index (χ1v) is 8.87. The zero-order chi connectivity index (χ0) is 17.8. The molecule has 2 aromatic carbocycles. The van der Waals surface area contributed by atoms with Gasteiger partial charge < -0.3 is 9.84 Å². The monoisotopic (exact) mass is 336 g/mol. The normalized spacial score (nSPS) is 14.3. The van der Waals surface area contributed by atoms with Crippen molar-refractivity contribution < 1.29 is 14.6 Å². The van der Waals surface area contributed by atoms with Crippen LogP contribution in [0.25, 0.3) is 11.6 Å². The van der Waals surface area contributed by atoms with Crippen molar-refractivity contribution in [1.29, 1.82) is 0 Å². The molecule has 0 bridgehead atoms. The first-order valence-electron chi connectivity index (χ1n) is 8.87. The average molecular weight is 336 g/mol. The fraction of sp³-hybridized carbons (Fsp3) is 0.318. The highest BCUT2D eigenvalue weighted by molar-refractivity contribution is 6.20. The van der Waals surface area contributed by atoms with Crippen LogP contribution in [-0.4, -0.2) is 17.2 Å². The second-order valence-electron chi connectivity index (χ2n) is 6.79. The van der Waals surface area contributed by atoms with Gasteiger partial charge in [-0.3, -0.25) is 0 Å². The topological polar surface area (TPSA) is 46.5 Å². The molecule has 0 radical (unpaired) electrons. The average Bonchev–Trinajstić information content (AvgIpc) is 2.60. The Bertz CT molecular complexity index is 785. The highest BCUT2D eigenvalue weighted by atomic mass is 16.5. The summed E-state index contributed by atoms with van der Waals surface area (Å²) in [4.78, 5) is 11.8. The SMILES string of the molecule is CC(C)Oc1ccc(/C=C(\C(=O)O)c2ccc3c(c2)CCCC3)cc1. The van der Waals surface area contributed by atoms with Gasteiger partial charge >= 0.3 is 5.97 Å². The number of aryl methyl sites for hydroxylation is 2. The van der Waals surface area contributed by atoms with E-state index in [9.17, 15) is 9.90 Å². The smallest absolute Gasteiger partial charge is 0.336 e. The summed E-state index contributed by atoms with van der Waals surface area (Å²) >= 11 is 0. The molecule has 0 unspecified atom stereocenters. The number of fused-ring (bicyclic) bond motifs is 1. The molecule has 25 heavy (non-hydrogen) atoms. The lowest BCUT2D eigenvalue weighted by Gasteiger charge is -2.17. The molecule has 3 nitrogen and oxygen atoms in total. The zero-order valence-corrected chi connectivity index (χ0v) is 14.8. The number of benzene rings is 2. The molecule has 0 aromatic heterocycles. The summed E-state index contributed by atoms with van der Waals surface area (Å²) < 4.78 is 5.63. The van der Waals surface area contributed by atoms with E-state index in [0.717, 1.165) is 29.7 Å². The molecule has 0 heterocycles. The molecule has 0 amide bonds. The molecule has 2 aromatic rings. The van der Waals surface area contributed by atoms with Crippen LogP contribution in [0, 0.1) is 0 Å². The van der Waals surface area contributed by atoms with Gasteiger partial charge in [0.25, 0.3) is 0 Å². The molecule has 0 spiro atoms. The lowest BCUT2D eigenvalue weighted by molar-refractivity contribution is -0.130. The predicted molar refractivity (Wildman–Crippen MR) is 101 cm³/mol.